The molecule has 4 aromatic rings. The Hall–Kier alpha value is -3.32. The number of hydrogen-bond donors (Lipinski definition) is 1. The molecule has 3 heterocycles. The highest BCUT2D eigenvalue weighted by molar-refractivity contribution is 5.77. The lowest BCUT2D eigenvalue weighted by atomic mass is 10.2. The minimum absolute atomic E-state index is 0.712. The highest BCUT2D eigenvalue weighted by Crippen LogP contribution is 2.24. The van der Waals surface area contributed by atoms with Gasteiger partial charge in [0, 0.05) is 31.7 Å². The number of nitrogens with one attached hydrogen (secondary N) is 1. The predicted octanol–water partition coefficient (Wildman–Crippen LogP) is 3.94. The molecule has 1 aliphatic rings. The molecule has 0 spiro atoms. The van der Waals surface area contributed by atoms with Crippen LogP contribution in [0.4, 0.5) is 5.95 Å². The maximum atomic E-state index is 6.01. The number of rotatable bonds is 5. The molecule has 1 N–H and O–H groups in total. The molecule has 1 fully saturated rings. The van der Waals surface area contributed by atoms with Crippen LogP contribution < -0.4 is 9.64 Å². The van der Waals surface area contributed by atoms with Gasteiger partial charge in [-0.2, -0.15) is 0 Å². The zero-order valence-electron chi connectivity index (χ0n) is 17.0. The summed E-state index contributed by atoms with van der Waals surface area (Å²) in [4.78, 5) is 17.4. The smallest absolute Gasteiger partial charge is 0.209 e. The molecule has 2 aromatic carbocycles. The summed E-state index contributed by atoms with van der Waals surface area (Å²) in [7, 11) is 1.66. The molecule has 1 saturated heterocycles. The van der Waals surface area contributed by atoms with Crippen LogP contribution in [-0.2, 0) is 6.54 Å². The summed E-state index contributed by atoms with van der Waals surface area (Å²) in [5.41, 5.74) is 3.10. The van der Waals surface area contributed by atoms with Crippen LogP contribution in [-0.4, -0.2) is 53.1 Å². The van der Waals surface area contributed by atoms with Crippen molar-refractivity contribution in [2.75, 3.05) is 38.2 Å². The molecular formula is C23H25N5O2. The van der Waals surface area contributed by atoms with Crippen LogP contribution in [0.1, 0.15) is 12.3 Å². The second kappa shape index (κ2) is 8.20. The van der Waals surface area contributed by atoms with E-state index in [1.54, 1.807) is 13.3 Å². The maximum Gasteiger partial charge on any atom is 0.209 e. The van der Waals surface area contributed by atoms with E-state index < -0.39 is 0 Å². The lowest BCUT2D eigenvalue weighted by Gasteiger charge is -2.20. The number of fused-ring (bicyclic) bond motifs is 1. The van der Waals surface area contributed by atoms with Crippen LogP contribution >= 0.6 is 0 Å². The van der Waals surface area contributed by atoms with Crippen molar-refractivity contribution in [3.05, 3.63) is 60.6 Å². The van der Waals surface area contributed by atoms with Gasteiger partial charge in [-0.15, -0.1) is 0 Å². The van der Waals surface area contributed by atoms with E-state index in [0.29, 0.717) is 6.54 Å². The van der Waals surface area contributed by atoms with E-state index in [4.69, 9.17) is 14.1 Å². The molecule has 0 aliphatic carbocycles. The largest absolute Gasteiger partial charge is 0.497 e. The predicted molar refractivity (Wildman–Crippen MR) is 117 cm³/mol. The second-order valence-corrected chi connectivity index (χ2v) is 7.54. The van der Waals surface area contributed by atoms with Gasteiger partial charge in [0.15, 0.2) is 5.76 Å². The first-order valence-corrected chi connectivity index (χ1v) is 10.3. The van der Waals surface area contributed by atoms with Gasteiger partial charge in [0.2, 0.25) is 11.8 Å². The number of methoxy groups -OCH3 is 1. The number of imidazole rings is 1. The van der Waals surface area contributed by atoms with E-state index >= 15 is 0 Å². The minimum atomic E-state index is 0.712. The van der Waals surface area contributed by atoms with Crippen molar-refractivity contribution < 1.29 is 9.15 Å². The zero-order valence-corrected chi connectivity index (χ0v) is 17.0. The third-order valence-electron chi connectivity index (χ3n) is 5.55. The van der Waals surface area contributed by atoms with E-state index in [-0.39, 0.29) is 0 Å². The topological polar surface area (TPSA) is 70.4 Å². The molecule has 1 aliphatic heterocycles. The molecule has 0 unspecified atom stereocenters. The van der Waals surface area contributed by atoms with E-state index in [1.165, 1.54) is 0 Å². The van der Waals surface area contributed by atoms with Gasteiger partial charge in [-0.25, -0.2) is 9.97 Å². The summed E-state index contributed by atoms with van der Waals surface area (Å²) in [6.45, 7) is 4.57. The summed E-state index contributed by atoms with van der Waals surface area (Å²) in [6.07, 6.45) is 2.87. The molecule has 154 valence electrons. The summed E-state index contributed by atoms with van der Waals surface area (Å²) >= 11 is 0. The Bertz CT molecular complexity index is 1090. The van der Waals surface area contributed by atoms with Crippen molar-refractivity contribution in [1.29, 1.82) is 0 Å². The maximum absolute atomic E-state index is 6.01. The number of hydrogen-bond acceptors (Lipinski definition) is 6. The molecule has 7 nitrogen and oxygen atoms in total. The molecule has 2 aromatic heterocycles. The molecule has 30 heavy (non-hydrogen) atoms. The Balaban J connectivity index is 1.23. The Labute approximate surface area is 175 Å². The summed E-state index contributed by atoms with van der Waals surface area (Å²) in [5, 5.41) is 0. The fraction of sp³-hybridized carbons (Fsp3) is 0.304. The zero-order chi connectivity index (χ0) is 20.3. The van der Waals surface area contributed by atoms with Gasteiger partial charge >= 0.3 is 0 Å². The first-order chi connectivity index (χ1) is 14.8. The van der Waals surface area contributed by atoms with Crippen molar-refractivity contribution in [2.24, 2.45) is 0 Å². The van der Waals surface area contributed by atoms with Crippen molar-refractivity contribution in [3.63, 3.8) is 0 Å². The van der Waals surface area contributed by atoms with Gasteiger partial charge in [0.05, 0.1) is 30.9 Å². The summed E-state index contributed by atoms with van der Waals surface area (Å²) in [5.74, 6) is 3.32. The van der Waals surface area contributed by atoms with Gasteiger partial charge in [0.25, 0.3) is 0 Å². The van der Waals surface area contributed by atoms with E-state index in [9.17, 15) is 0 Å². The average molecular weight is 403 g/mol. The number of aromatic nitrogens is 3. The molecule has 0 bridgehead atoms. The number of nitrogens with zero attached hydrogens (tertiary/aromatic N) is 4. The van der Waals surface area contributed by atoms with Gasteiger partial charge in [-0.1, -0.05) is 12.1 Å². The Morgan fingerprint density at radius 3 is 2.73 bits per heavy atom. The molecule has 5 rings (SSSR count). The molecule has 0 amide bonds. The van der Waals surface area contributed by atoms with Crippen LogP contribution in [0.5, 0.6) is 5.75 Å². The highest BCUT2D eigenvalue weighted by Gasteiger charge is 2.19. The second-order valence-electron chi connectivity index (χ2n) is 7.54. The Kier molecular flexibility index (Phi) is 5.11. The number of ether oxygens (including phenoxy) is 1. The van der Waals surface area contributed by atoms with E-state index in [0.717, 1.165) is 72.5 Å². The number of benzene rings is 2. The Morgan fingerprint density at radius 1 is 1.03 bits per heavy atom. The van der Waals surface area contributed by atoms with E-state index in [2.05, 4.69) is 25.8 Å². The molecule has 0 saturated carbocycles. The van der Waals surface area contributed by atoms with Crippen molar-refractivity contribution >= 4 is 17.0 Å². The monoisotopic (exact) mass is 403 g/mol. The molecule has 0 radical (unpaired) electrons. The normalized spacial score (nSPS) is 15.4. The number of para-hydroxylation sites is 2. The first-order valence-electron chi connectivity index (χ1n) is 10.3. The number of H-pyrrole nitrogens is 1. The standard InChI is InChI=1S/C23H25N5O2/c1-29-18-9-7-17(8-10-18)21-15-24-22(30-21)16-27-11-4-12-28(14-13-27)23-25-19-5-2-3-6-20(19)26-23/h2-3,5-10,15H,4,11-14,16H2,1H3,(H,25,26). The average Bonchev–Trinajstić information content (AvgIpc) is 3.36. The number of aromatic amines is 1. The molecule has 0 atom stereocenters. The van der Waals surface area contributed by atoms with E-state index in [1.807, 2.05) is 42.5 Å². The van der Waals surface area contributed by atoms with Crippen LogP contribution in [0.15, 0.2) is 59.1 Å². The van der Waals surface area contributed by atoms with Crippen LogP contribution in [0, 0.1) is 0 Å². The lowest BCUT2D eigenvalue weighted by Crippen LogP contribution is -2.31. The van der Waals surface area contributed by atoms with Crippen LogP contribution in [0.3, 0.4) is 0 Å². The number of anilines is 1. The quantitative estimate of drug-likeness (QED) is 0.544. The molecular weight excluding hydrogens is 378 g/mol. The van der Waals surface area contributed by atoms with Gasteiger partial charge in [-0.3, -0.25) is 4.90 Å². The fourth-order valence-corrected chi connectivity index (χ4v) is 3.89. The SMILES string of the molecule is COc1ccc(-c2cnc(CN3CCCN(c4nc5ccccc5[nH]4)CC3)o2)cc1. The Morgan fingerprint density at radius 2 is 1.90 bits per heavy atom. The summed E-state index contributed by atoms with van der Waals surface area (Å²) < 4.78 is 11.2. The minimum Gasteiger partial charge on any atom is -0.497 e. The van der Waals surface area contributed by atoms with Gasteiger partial charge in [0.1, 0.15) is 5.75 Å². The highest BCUT2D eigenvalue weighted by atomic mass is 16.5. The third kappa shape index (κ3) is 3.89. The lowest BCUT2D eigenvalue weighted by molar-refractivity contribution is 0.256. The first kappa shape index (κ1) is 18.7. The number of oxazole rings is 1. The van der Waals surface area contributed by atoms with Crippen molar-refractivity contribution in [3.8, 4) is 17.1 Å². The summed E-state index contributed by atoms with van der Waals surface area (Å²) in [6, 6.07) is 16.0. The molecule has 7 heteroatoms. The van der Waals surface area contributed by atoms with Gasteiger partial charge < -0.3 is 19.0 Å². The van der Waals surface area contributed by atoms with Crippen LogP contribution in [0.2, 0.25) is 0 Å². The van der Waals surface area contributed by atoms with Crippen molar-refractivity contribution in [1.82, 2.24) is 19.9 Å². The van der Waals surface area contributed by atoms with Crippen molar-refractivity contribution in [2.45, 2.75) is 13.0 Å². The van der Waals surface area contributed by atoms with Gasteiger partial charge in [-0.05, 0) is 42.8 Å². The van der Waals surface area contributed by atoms with Crippen LogP contribution in [0.25, 0.3) is 22.4 Å². The third-order valence-corrected chi connectivity index (χ3v) is 5.55. The fourth-order valence-electron chi connectivity index (χ4n) is 3.89.